The summed E-state index contributed by atoms with van der Waals surface area (Å²) >= 11 is 7.20. The summed E-state index contributed by atoms with van der Waals surface area (Å²) < 4.78 is 1.61. The zero-order chi connectivity index (χ0) is 18.3. The van der Waals surface area contributed by atoms with Crippen molar-refractivity contribution >= 4 is 53.4 Å². The van der Waals surface area contributed by atoms with Crippen LogP contribution in [0.1, 0.15) is 23.3 Å². The Labute approximate surface area is 168 Å². The summed E-state index contributed by atoms with van der Waals surface area (Å²) in [5.74, 6) is 0. The van der Waals surface area contributed by atoms with Gasteiger partial charge in [-0.2, -0.15) is 0 Å². The summed E-state index contributed by atoms with van der Waals surface area (Å²) in [6, 6.07) is 23.5. The topological polar surface area (TPSA) is 40.5 Å². The molecule has 4 aromatic rings. The van der Waals surface area contributed by atoms with Crippen LogP contribution in [-0.4, -0.2) is 10.2 Å². The lowest BCUT2D eigenvalue weighted by Gasteiger charge is -2.22. The van der Waals surface area contributed by atoms with Crippen LogP contribution in [0.2, 0.25) is 0 Å². The van der Waals surface area contributed by atoms with Crippen LogP contribution in [0.25, 0.3) is 21.5 Å². The molecule has 0 spiro atoms. The molecule has 26 heavy (non-hydrogen) atoms. The first kappa shape index (κ1) is 17.7. The number of hydrogen-bond acceptors (Lipinski definition) is 2. The molecule has 0 saturated heterocycles. The zero-order valence-corrected chi connectivity index (χ0v) is 16.9. The van der Waals surface area contributed by atoms with E-state index in [0.717, 1.165) is 30.5 Å². The van der Waals surface area contributed by atoms with Crippen molar-refractivity contribution in [3.8, 4) is 0 Å². The van der Waals surface area contributed by atoms with Crippen LogP contribution in [0, 0.1) is 0 Å². The Morgan fingerprint density at radius 2 is 0.923 bits per heavy atom. The molecule has 0 radical (unpaired) electrons. The van der Waals surface area contributed by atoms with Gasteiger partial charge in [0.2, 0.25) is 0 Å². The molecule has 0 saturated carbocycles. The van der Waals surface area contributed by atoms with Crippen LogP contribution in [0.4, 0.5) is 0 Å². The Kier molecular flexibility index (Phi) is 4.84. The molecule has 0 amide bonds. The van der Waals surface area contributed by atoms with Crippen LogP contribution in [0.3, 0.4) is 0 Å². The van der Waals surface area contributed by atoms with E-state index in [1.54, 1.807) is 0 Å². The van der Waals surface area contributed by atoms with Gasteiger partial charge in [-0.1, -0.05) is 72.8 Å². The zero-order valence-electron chi connectivity index (χ0n) is 13.7. The van der Waals surface area contributed by atoms with Crippen LogP contribution >= 0.6 is 31.9 Å². The Morgan fingerprint density at radius 3 is 1.35 bits per heavy atom. The first-order valence-corrected chi connectivity index (χ1v) is 9.87. The number of rotatable bonds is 3. The molecule has 130 valence electrons. The Bertz CT molecular complexity index is 1020. The summed E-state index contributed by atoms with van der Waals surface area (Å²) in [6.45, 7) is 0. The van der Waals surface area contributed by atoms with E-state index in [0.29, 0.717) is 11.1 Å². The summed E-state index contributed by atoms with van der Waals surface area (Å²) in [5.41, 5.74) is 1.33. The third-order valence-corrected chi connectivity index (χ3v) is 6.49. The molecule has 0 bridgehead atoms. The maximum atomic E-state index is 10.9. The minimum atomic E-state index is -1.05. The van der Waals surface area contributed by atoms with Gasteiger partial charge in [0.1, 0.15) is 12.2 Å². The molecule has 2 atom stereocenters. The molecule has 0 heterocycles. The van der Waals surface area contributed by atoms with E-state index < -0.39 is 12.2 Å². The van der Waals surface area contributed by atoms with Gasteiger partial charge in [-0.05, 0) is 64.5 Å². The lowest BCUT2D eigenvalue weighted by Crippen LogP contribution is -2.12. The fourth-order valence-corrected chi connectivity index (χ4v) is 4.75. The minimum Gasteiger partial charge on any atom is -0.385 e. The highest BCUT2D eigenvalue weighted by Crippen LogP contribution is 2.40. The van der Waals surface area contributed by atoms with Crippen LogP contribution in [0.15, 0.2) is 81.7 Å². The molecule has 2 N–H and O–H groups in total. The molecule has 0 unspecified atom stereocenters. The van der Waals surface area contributed by atoms with Crippen molar-refractivity contribution < 1.29 is 10.2 Å². The molecule has 4 heteroatoms. The molecule has 0 aromatic heterocycles. The average molecular weight is 472 g/mol. The number of fused-ring (bicyclic) bond motifs is 2. The number of aliphatic hydroxyl groups excluding tert-OH is 2. The Balaban J connectivity index is 1.78. The van der Waals surface area contributed by atoms with Gasteiger partial charge in [0.25, 0.3) is 0 Å². The van der Waals surface area contributed by atoms with Crippen molar-refractivity contribution in [2.45, 2.75) is 12.2 Å². The van der Waals surface area contributed by atoms with E-state index in [2.05, 4.69) is 31.9 Å². The van der Waals surface area contributed by atoms with Crippen LogP contribution < -0.4 is 0 Å². The maximum absolute atomic E-state index is 10.9. The van der Waals surface area contributed by atoms with E-state index in [4.69, 9.17) is 0 Å². The highest BCUT2D eigenvalue weighted by Gasteiger charge is 2.25. The van der Waals surface area contributed by atoms with Gasteiger partial charge in [-0.15, -0.1) is 0 Å². The van der Waals surface area contributed by atoms with Crippen molar-refractivity contribution in [3.63, 3.8) is 0 Å². The first-order chi connectivity index (χ1) is 12.6. The Morgan fingerprint density at radius 1 is 0.538 bits per heavy atom. The molecule has 4 rings (SSSR count). The van der Waals surface area contributed by atoms with Crippen LogP contribution in [-0.2, 0) is 0 Å². The highest BCUT2D eigenvalue weighted by molar-refractivity contribution is 9.11. The largest absolute Gasteiger partial charge is 0.385 e. The van der Waals surface area contributed by atoms with Crippen molar-refractivity contribution in [1.82, 2.24) is 0 Å². The summed E-state index contributed by atoms with van der Waals surface area (Å²) in [6.07, 6.45) is -2.10. The number of aliphatic hydroxyl groups is 2. The summed E-state index contributed by atoms with van der Waals surface area (Å²) in [7, 11) is 0. The van der Waals surface area contributed by atoms with Gasteiger partial charge in [-0.3, -0.25) is 0 Å². The lowest BCUT2D eigenvalue weighted by atomic mass is 9.95. The fraction of sp³-hybridized carbons (Fsp3) is 0.0909. The highest BCUT2D eigenvalue weighted by atomic mass is 79.9. The maximum Gasteiger partial charge on any atom is 0.110 e. The second-order valence-corrected chi connectivity index (χ2v) is 7.86. The van der Waals surface area contributed by atoms with Gasteiger partial charge < -0.3 is 10.2 Å². The van der Waals surface area contributed by atoms with E-state index in [1.165, 1.54) is 0 Å². The normalized spacial score (nSPS) is 13.8. The predicted molar refractivity (Wildman–Crippen MR) is 113 cm³/mol. The number of halogens is 2. The first-order valence-electron chi connectivity index (χ1n) is 8.28. The average Bonchev–Trinajstić information content (AvgIpc) is 2.68. The second-order valence-electron chi connectivity index (χ2n) is 6.27. The molecule has 0 aliphatic rings. The number of benzene rings is 4. The van der Waals surface area contributed by atoms with Crippen molar-refractivity contribution in [1.29, 1.82) is 0 Å². The smallest absolute Gasteiger partial charge is 0.110 e. The van der Waals surface area contributed by atoms with E-state index in [9.17, 15) is 10.2 Å². The van der Waals surface area contributed by atoms with E-state index in [-0.39, 0.29) is 0 Å². The van der Waals surface area contributed by atoms with Crippen molar-refractivity contribution in [2.75, 3.05) is 0 Å². The number of hydrogen-bond donors (Lipinski definition) is 2. The quantitative estimate of drug-likeness (QED) is 0.368. The molecule has 0 fully saturated rings. The van der Waals surface area contributed by atoms with Crippen molar-refractivity contribution in [2.24, 2.45) is 0 Å². The van der Waals surface area contributed by atoms with E-state index in [1.807, 2.05) is 72.8 Å². The third-order valence-electron chi connectivity index (χ3n) is 4.72. The summed E-state index contributed by atoms with van der Waals surface area (Å²) in [5, 5.41) is 25.9. The molecule has 2 nitrogen and oxygen atoms in total. The fourth-order valence-electron chi connectivity index (χ4n) is 3.30. The minimum absolute atomic E-state index is 0.663. The van der Waals surface area contributed by atoms with Crippen molar-refractivity contribution in [3.05, 3.63) is 92.9 Å². The van der Waals surface area contributed by atoms with Gasteiger partial charge >= 0.3 is 0 Å². The second kappa shape index (κ2) is 7.12. The molecular formula is C22H16Br2O2. The monoisotopic (exact) mass is 470 g/mol. The van der Waals surface area contributed by atoms with Crippen LogP contribution in [0.5, 0.6) is 0 Å². The molecule has 4 aromatic carbocycles. The van der Waals surface area contributed by atoms with Gasteiger partial charge in [-0.25, -0.2) is 0 Å². The van der Waals surface area contributed by atoms with Gasteiger partial charge in [0.15, 0.2) is 0 Å². The molecule has 0 aliphatic heterocycles. The molecular weight excluding hydrogens is 456 g/mol. The predicted octanol–water partition coefficient (Wildman–Crippen LogP) is 6.29. The summed E-state index contributed by atoms with van der Waals surface area (Å²) in [4.78, 5) is 0. The van der Waals surface area contributed by atoms with Gasteiger partial charge in [0.05, 0.1) is 0 Å². The van der Waals surface area contributed by atoms with E-state index >= 15 is 0 Å². The SMILES string of the molecule is O[C@H](c1ccc2ccccc2c1Br)[C@H](O)c1ccc2ccccc2c1Br. The van der Waals surface area contributed by atoms with Gasteiger partial charge in [0, 0.05) is 8.95 Å². The molecule has 0 aliphatic carbocycles. The lowest BCUT2D eigenvalue weighted by molar-refractivity contribution is 0.0166. The third kappa shape index (κ3) is 2.97. The standard InChI is InChI=1S/C22H16Br2O2/c23-19-15-7-3-1-5-13(15)9-11-17(19)21(25)22(26)18-12-10-14-6-2-4-8-16(14)20(18)24/h1-12,21-22,25-26H/t21-,22-/m1/s1. The Hall–Kier alpha value is -1.72.